The zero-order valence-electron chi connectivity index (χ0n) is 6.83. The van der Waals surface area contributed by atoms with E-state index in [0.717, 1.165) is 0 Å². The van der Waals surface area contributed by atoms with Crippen molar-refractivity contribution in [1.82, 2.24) is 4.40 Å². The highest BCUT2D eigenvalue weighted by Gasteiger charge is 1.93. The van der Waals surface area contributed by atoms with Crippen LogP contribution in [-0.2, 0) is 0 Å². The third-order valence-corrected chi connectivity index (χ3v) is 1.89. The van der Waals surface area contributed by atoms with Crippen molar-refractivity contribution in [3.8, 4) is 0 Å². The van der Waals surface area contributed by atoms with Gasteiger partial charge in [0, 0.05) is 17.9 Å². The highest BCUT2D eigenvalue weighted by Crippen LogP contribution is 2.10. The number of aromatic nitrogens is 1. The molecular weight excluding hydrogens is 134 g/mol. The van der Waals surface area contributed by atoms with Gasteiger partial charge >= 0.3 is 0 Å². The Morgan fingerprint density at radius 1 is 1.09 bits per heavy atom. The number of aryl methyl sites for hydroxylation is 2. The minimum atomic E-state index is 1.28. The van der Waals surface area contributed by atoms with Crippen LogP contribution in [0.15, 0.2) is 30.6 Å². The molecule has 2 rings (SSSR count). The molecule has 2 aromatic rings. The predicted molar refractivity (Wildman–Crippen MR) is 46.9 cm³/mol. The van der Waals surface area contributed by atoms with E-state index in [2.05, 4.69) is 48.8 Å². The number of hydrogen-bond donors (Lipinski definition) is 0. The lowest BCUT2D eigenvalue weighted by molar-refractivity contribution is 1.17. The number of nitrogens with zero attached hydrogens (tertiary/aromatic N) is 1. The van der Waals surface area contributed by atoms with Gasteiger partial charge in [0.1, 0.15) is 0 Å². The molecule has 0 atom stereocenters. The molecule has 0 fully saturated rings. The van der Waals surface area contributed by atoms with Gasteiger partial charge in [0.2, 0.25) is 0 Å². The molecule has 0 aliphatic rings. The van der Waals surface area contributed by atoms with Crippen LogP contribution in [-0.4, -0.2) is 4.40 Å². The first-order chi connectivity index (χ1) is 5.25. The monoisotopic (exact) mass is 145 g/mol. The largest absolute Gasteiger partial charge is 0.324 e. The van der Waals surface area contributed by atoms with Crippen molar-refractivity contribution in [1.29, 1.82) is 0 Å². The van der Waals surface area contributed by atoms with Gasteiger partial charge in [-0.05, 0) is 43.2 Å². The van der Waals surface area contributed by atoms with Crippen LogP contribution in [0.5, 0.6) is 0 Å². The van der Waals surface area contributed by atoms with E-state index in [1.165, 1.54) is 16.6 Å². The maximum atomic E-state index is 2.19. The molecule has 0 aliphatic carbocycles. The molecule has 0 amide bonds. The fraction of sp³-hybridized carbons (Fsp3) is 0.200. The second kappa shape index (κ2) is 2.12. The van der Waals surface area contributed by atoms with E-state index in [9.17, 15) is 0 Å². The van der Waals surface area contributed by atoms with Crippen LogP contribution in [0, 0.1) is 13.8 Å². The van der Waals surface area contributed by atoms with Gasteiger partial charge in [-0.25, -0.2) is 0 Å². The van der Waals surface area contributed by atoms with Gasteiger partial charge < -0.3 is 4.40 Å². The van der Waals surface area contributed by atoms with Crippen molar-refractivity contribution in [2.45, 2.75) is 13.8 Å². The molecule has 1 heteroatoms. The molecule has 2 heterocycles. The Morgan fingerprint density at radius 2 is 1.82 bits per heavy atom. The van der Waals surface area contributed by atoms with Gasteiger partial charge in [-0.2, -0.15) is 0 Å². The van der Waals surface area contributed by atoms with Crippen molar-refractivity contribution in [2.75, 3.05) is 0 Å². The summed E-state index contributed by atoms with van der Waals surface area (Å²) in [5.41, 5.74) is 3.91. The number of rotatable bonds is 0. The Balaban J connectivity index is 2.82. The Morgan fingerprint density at radius 3 is 2.64 bits per heavy atom. The fourth-order valence-electron chi connectivity index (χ4n) is 1.36. The number of hydrogen-bond acceptors (Lipinski definition) is 0. The summed E-state index contributed by atoms with van der Waals surface area (Å²) in [5.74, 6) is 0. The number of pyridine rings is 1. The molecule has 11 heavy (non-hydrogen) atoms. The van der Waals surface area contributed by atoms with Gasteiger partial charge in [0.15, 0.2) is 0 Å². The average Bonchev–Trinajstić information content (AvgIpc) is 2.27. The fourth-order valence-corrected chi connectivity index (χ4v) is 1.36. The van der Waals surface area contributed by atoms with Crippen molar-refractivity contribution >= 4 is 5.52 Å². The van der Waals surface area contributed by atoms with E-state index in [1.807, 2.05) is 0 Å². The van der Waals surface area contributed by atoms with E-state index in [0.29, 0.717) is 0 Å². The Bertz CT molecular complexity index is 385. The van der Waals surface area contributed by atoms with Crippen LogP contribution in [0.2, 0.25) is 0 Å². The molecule has 0 spiro atoms. The van der Waals surface area contributed by atoms with E-state index in [-0.39, 0.29) is 0 Å². The van der Waals surface area contributed by atoms with Gasteiger partial charge in [-0.3, -0.25) is 0 Å². The smallest absolute Gasteiger partial charge is 0.0455 e. The van der Waals surface area contributed by atoms with E-state index in [1.54, 1.807) is 0 Å². The van der Waals surface area contributed by atoms with Gasteiger partial charge in [0.05, 0.1) is 0 Å². The lowest BCUT2D eigenvalue weighted by Crippen LogP contribution is -1.80. The summed E-state index contributed by atoms with van der Waals surface area (Å²) in [6.45, 7) is 4.23. The van der Waals surface area contributed by atoms with Crippen LogP contribution >= 0.6 is 0 Å². The molecule has 1 nitrogen and oxygen atoms in total. The molecule has 0 N–H and O–H groups in total. The molecule has 0 saturated heterocycles. The molecule has 0 bridgehead atoms. The maximum absolute atomic E-state index is 2.19. The second-order valence-corrected chi connectivity index (χ2v) is 3.05. The zero-order valence-corrected chi connectivity index (χ0v) is 6.83. The summed E-state index contributed by atoms with van der Waals surface area (Å²) < 4.78 is 2.14. The summed E-state index contributed by atoms with van der Waals surface area (Å²) >= 11 is 0. The predicted octanol–water partition coefficient (Wildman–Crippen LogP) is 2.56. The van der Waals surface area contributed by atoms with Crippen LogP contribution < -0.4 is 0 Å². The third-order valence-electron chi connectivity index (χ3n) is 1.89. The van der Waals surface area contributed by atoms with E-state index in [4.69, 9.17) is 0 Å². The molecule has 0 radical (unpaired) electrons. The second-order valence-electron chi connectivity index (χ2n) is 3.05. The SMILES string of the molecule is Cc1ccn2cc(C)cc2c1. The average molecular weight is 145 g/mol. The van der Waals surface area contributed by atoms with Crippen molar-refractivity contribution in [3.05, 3.63) is 41.7 Å². The topological polar surface area (TPSA) is 4.41 Å². The normalized spacial score (nSPS) is 10.7. The summed E-state index contributed by atoms with van der Waals surface area (Å²) in [4.78, 5) is 0. The van der Waals surface area contributed by atoms with Crippen LogP contribution in [0.4, 0.5) is 0 Å². The Kier molecular flexibility index (Phi) is 1.25. The molecular formula is C10H11N. The molecule has 0 aromatic carbocycles. The van der Waals surface area contributed by atoms with Crippen LogP contribution in [0.25, 0.3) is 5.52 Å². The Hall–Kier alpha value is -1.24. The standard InChI is InChI=1S/C10H11N/c1-8-3-4-11-7-9(2)6-10(11)5-8/h3-7H,1-2H3. The maximum Gasteiger partial charge on any atom is 0.0455 e. The molecule has 0 aliphatic heterocycles. The Labute approximate surface area is 66.3 Å². The van der Waals surface area contributed by atoms with Crippen LogP contribution in [0.1, 0.15) is 11.1 Å². The van der Waals surface area contributed by atoms with Crippen LogP contribution in [0.3, 0.4) is 0 Å². The third kappa shape index (κ3) is 1.03. The minimum absolute atomic E-state index is 1.28. The molecule has 2 aromatic heterocycles. The lowest BCUT2D eigenvalue weighted by atomic mass is 10.3. The summed E-state index contributed by atoms with van der Waals surface area (Å²) in [6, 6.07) is 6.49. The minimum Gasteiger partial charge on any atom is -0.324 e. The van der Waals surface area contributed by atoms with Crippen molar-refractivity contribution < 1.29 is 0 Å². The van der Waals surface area contributed by atoms with Gasteiger partial charge in [-0.15, -0.1) is 0 Å². The lowest BCUT2D eigenvalue weighted by Gasteiger charge is -1.94. The van der Waals surface area contributed by atoms with Crippen molar-refractivity contribution in [3.63, 3.8) is 0 Å². The van der Waals surface area contributed by atoms with E-state index >= 15 is 0 Å². The summed E-state index contributed by atoms with van der Waals surface area (Å²) in [5, 5.41) is 0. The molecule has 0 saturated carbocycles. The van der Waals surface area contributed by atoms with Gasteiger partial charge in [-0.1, -0.05) is 0 Å². The highest BCUT2D eigenvalue weighted by atomic mass is 14.8. The van der Waals surface area contributed by atoms with Crippen molar-refractivity contribution in [2.24, 2.45) is 0 Å². The first-order valence-electron chi connectivity index (χ1n) is 3.81. The quantitative estimate of drug-likeness (QED) is 0.536. The first kappa shape index (κ1) is 6.47. The summed E-state index contributed by atoms with van der Waals surface area (Å²) in [6.07, 6.45) is 4.23. The molecule has 56 valence electrons. The van der Waals surface area contributed by atoms with Gasteiger partial charge in [0.25, 0.3) is 0 Å². The van der Waals surface area contributed by atoms with E-state index < -0.39 is 0 Å². The first-order valence-corrected chi connectivity index (χ1v) is 3.81. The summed E-state index contributed by atoms with van der Waals surface area (Å²) in [7, 11) is 0. The molecule has 0 unspecified atom stereocenters. The zero-order chi connectivity index (χ0) is 7.84. The number of fused-ring (bicyclic) bond motifs is 1. The highest BCUT2D eigenvalue weighted by molar-refractivity contribution is 5.51.